The number of hydrazine groups is 1. The first-order chi connectivity index (χ1) is 19.2. The molecule has 2 aromatic carbocycles. The molecular formula is C29H27F5N5O2+. The van der Waals surface area contributed by atoms with Gasteiger partial charge in [0, 0.05) is 34.3 Å². The summed E-state index contributed by atoms with van der Waals surface area (Å²) in [5.74, 6) is 2.68. The molecule has 5 N–H and O–H groups in total. The van der Waals surface area contributed by atoms with Crippen molar-refractivity contribution in [3.63, 3.8) is 0 Å². The van der Waals surface area contributed by atoms with Crippen LogP contribution >= 0.6 is 0 Å². The number of pyridine rings is 2. The molecule has 2 aromatic heterocycles. The number of alkyl halides is 2. The molecule has 4 aromatic rings. The van der Waals surface area contributed by atoms with E-state index >= 15 is 13.2 Å². The predicted octanol–water partition coefficient (Wildman–Crippen LogP) is 4.62. The number of hydrogen-bond acceptors (Lipinski definition) is 6. The van der Waals surface area contributed by atoms with Crippen molar-refractivity contribution in [1.82, 2.24) is 9.99 Å². The maximum atomic E-state index is 15.6. The van der Waals surface area contributed by atoms with Gasteiger partial charge in [-0.05, 0) is 56.3 Å². The number of methoxy groups -OCH3 is 1. The van der Waals surface area contributed by atoms with E-state index in [0.717, 1.165) is 23.3 Å². The fourth-order valence-electron chi connectivity index (χ4n) is 5.02. The van der Waals surface area contributed by atoms with E-state index < -0.39 is 47.3 Å². The van der Waals surface area contributed by atoms with Crippen molar-refractivity contribution in [2.45, 2.75) is 31.4 Å². The van der Waals surface area contributed by atoms with E-state index in [1.165, 1.54) is 51.4 Å². The molecule has 0 amide bonds. The average molecular weight is 573 g/mol. The van der Waals surface area contributed by atoms with Gasteiger partial charge in [0.1, 0.15) is 22.9 Å². The molecule has 214 valence electrons. The lowest BCUT2D eigenvalue weighted by Gasteiger charge is -2.35. The number of nitrogens with zero attached hydrogens (tertiary/aromatic N) is 3. The fourth-order valence-corrected chi connectivity index (χ4v) is 5.02. The zero-order chi connectivity index (χ0) is 29.9. The number of nitrogens with two attached hydrogens (primary N) is 2. The number of fused-ring (bicyclic) bond motifs is 2. The molecule has 0 fully saturated rings. The monoisotopic (exact) mass is 572 g/mol. The van der Waals surface area contributed by atoms with E-state index in [2.05, 4.69) is 4.98 Å². The minimum Gasteiger partial charge on any atom is -0.494 e. The third-order valence-electron chi connectivity index (χ3n) is 7.04. The molecule has 1 unspecified atom stereocenters. The van der Waals surface area contributed by atoms with Crippen LogP contribution in [0.1, 0.15) is 36.6 Å². The molecule has 7 nitrogen and oxygen atoms in total. The van der Waals surface area contributed by atoms with Crippen LogP contribution in [0, 0.1) is 17.5 Å². The molecule has 0 aliphatic carbocycles. The summed E-state index contributed by atoms with van der Waals surface area (Å²) in [6.07, 6.45) is 2.30. The molecule has 0 bridgehead atoms. The highest BCUT2D eigenvalue weighted by Crippen LogP contribution is 2.46. The molecule has 1 aliphatic rings. The molecule has 0 radical (unpaired) electrons. The van der Waals surface area contributed by atoms with E-state index in [1.807, 2.05) is 0 Å². The van der Waals surface area contributed by atoms with Crippen LogP contribution in [-0.4, -0.2) is 28.8 Å². The highest BCUT2D eigenvalue weighted by atomic mass is 19.3. The molecule has 1 atom stereocenters. The molecule has 5 rings (SSSR count). The molecule has 0 saturated heterocycles. The molecule has 41 heavy (non-hydrogen) atoms. The Morgan fingerprint density at radius 3 is 2.44 bits per heavy atom. The average Bonchev–Trinajstić information content (AvgIpc) is 2.90. The highest BCUT2D eigenvalue weighted by Gasteiger charge is 2.67. The van der Waals surface area contributed by atoms with Crippen LogP contribution in [-0.2, 0) is 11.6 Å². The second kappa shape index (κ2) is 9.96. The molecule has 0 saturated carbocycles. The molecule has 12 heteroatoms. The van der Waals surface area contributed by atoms with Gasteiger partial charge in [-0.25, -0.2) is 19.6 Å². The van der Waals surface area contributed by atoms with Crippen molar-refractivity contribution in [3.05, 3.63) is 95.2 Å². The van der Waals surface area contributed by atoms with Gasteiger partial charge in [0.15, 0.2) is 5.92 Å². The SMILES string of the molecule is COc1cc(/C(N)=C/N(N)CC2c3cc(C(C)(C)O)c(F)c(-c4ccc(F)cc4)[n+]3C2(F)F)cc2cc(F)cnc12. The van der Waals surface area contributed by atoms with Gasteiger partial charge in [0.2, 0.25) is 11.5 Å². The summed E-state index contributed by atoms with van der Waals surface area (Å²) in [5.41, 5.74) is 4.73. The first kappa shape index (κ1) is 28.2. The van der Waals surface area contributed by atoms with Crippen LogP contribution in [0.4, 0.5) is 22.0 Å². The van der Waals surface area contributed by atoms with Crippen molar-refractivity contribution in [3.8, 4) is 17.0 Å². The van der Waals surface area contributed by atoms with Crippen LogP contribution in [0.2, 0.25) is 0 Å². The van der Waals surface area contributed by atoms with Crippen molar-refractivity contribution in [2.24, 2.45) is 11.6 Å². The van der Waals surface area contributed by atoms with Gasteiger partial charge < -0.3 is 20.6 Å². The molecule has 3 heterocycles. The minimum atomic E-state index is -3.59. The van der Waals surface area contributed by atoms with Gasteiger partial charge in [-0.3, -0.25) is 0 Å². The molecule has 0 spiro atoms. The summed E-state index contributed by atoms with van der Waals surface area (Å²) in [7, 11) is 1.41. The van der Waals surface area contributed by atoms with Gasteiger partial charge in [-0.1, -0.05) is 0 Å². The number of ether oxygens (including phenoxy) is 1. The van der Waals surface area contributed by atoms with Crippen molar-refractivity contribution in [2.75, 3.05) is 13.7 Å². The largest absolute Gasteiger partial charge is 0.494 e. The Bertz CT molecular complexity index is 1690. The summed E-state index contributed by atoms with van der Waals surface area (Å²) < 4.78 is 80.0. The summed E-state index contributed by atoms with van der Waals surface area (Å²) in [5, 5.41) is 12.0. The van der Waals surface area contributed by atoms with Crippen LogP contribution in [0.3, 0.4) is 0 Å². The Morgan fingerprint density at radius 1 is 1.12 bits per heavy atom. The lowest BCUT2D eigenvalue weighted by Crippen LogP contribution is -2.70. The minimum absolute atomic E-state index is 0.0132. The Kier molecular flexibility index (Phi) is 6.86. The summed E-state index contributed by atoms with van der Waals surface area (Å²) in [4.78, 5) is 4.03. The predicted molar refractivity (Wildman–Crippen MR) is 141 cm³/mol. The number of halogens is 5. The third-order valence-corrected chi connectivity index (χ3v) is 7.04. The van der Waals surface area contributed by atoms with Crippen molar-refractivity contribution >= 4 is 16.6 Å². The summed E-state index contributed by atoms with van der Waals surface area (Å²) in [6, 6.07) is 6.42. The maximum absolute atomic E-state index is 15.6. The van der Waals surface area contributed by atoms with E-state index in [1.54, 1.807) is 12.1 Å². The lowest BCUT2D eigenvalue weighted by atomic mass is 9.85. The van der Waals surface area contributed by atoms with Gasteiger partial charge in [-0.15, -0.1) is 13.3 Å². The highest BCUT2D eigenvalue weighted by molar-refractivity contribution is 5.88. The Hall–Kier alpha value is -4.29. The molecule has 1 aliphatic heterocycles. The molecular weight excluding hydrogens is 545 g/mol. The third kappa shape index (κ3) is 4.93. The quantitative estimate of drug-likeness (QED) is 0.129. The topological polar surface area (TPSA) is 102 Å². The first-order valence-electron chi connectivity index (χ1n) is 12.5. The smallest absolute Gasteiger partial charge is 0.476 e. The Balaban J connectivity index is 1.52. The van der Waals surface area contributed by atoms with Gasteiger partial charge in [0.25, 0.3) is 5.69 Å². The Morgan fingerprint density at radius 2 is 1.80 bits per heavy atom. The number of aromatic nitrogens is 2. The second-order valence-corrected chi connectivity index (χ2v) is 10.4. The lowest BCUT2D eigenvalue weighted by molar-refractivity contribution is -0.868. The van der Waals surface area contributed by atoms with Gasteiger partial charge >= 0.3 is 6.05 Å². The van der Waals surface area contributed by atoms with Gasteiger partial charge in [0.05, 0.1) is 31.1 Å². The van der Waals surface area contributed by atoms with Crippen LogP contribution in [0.25, 0.3) is 27.9 Å². The van der Waals surface area contributed by atoms with E-state index in [-0.39, 0.29) is 22.5 Å². The van der Waals surface area contributed by atoms with Crippen LogP contribution < -0.4 is 20.9 Å². The number of benzene rings is 2. The zero-order valence-electron chi connectivity index (χ0n) is 22.3. The van der Waals surface area contributed by atoms with Crippen molar-refractivity contribution in [1.29, 1.82) is 0 Å². The number of aliphatic hydroxyl groups is 1. The zero-order valence-corrected chi connectivity index (χ0v) is 22.3. The van der Waals surface area contributed by atoms with E-state index in [0.29, 0.717) is 26.8 Å². The number of hydrogen-bond donors (Lipinski definition) is 3. The normalized spacial score (nSPS) is 16.3. The van der Waals surface area contributed by atoms with Gasteiger partial charge in [-0.2, -0.15) is 4.39 Å². The van der Waals surface area contributed by atoms with E-state index in [4.69, 9.17) is 16.3 Å². The maximum Gasteiger partial charge on any atom is 0.476 e. The Labute approximate surface area is 232 Å². The van der Waals surface area contributed by atoms with Crippen molar-refractivity contribution < 1.29 is 36.4 Å². The summed E-state index contributed by atoms with van der Waals surface area (Å²) >= 11 is 0. The fraction of sp³-hybridized carbons (Fsp3) is 0.241. The number of rotatable bonds is 7. The van der Waals surface area contributed by atoms with Crippen LogP contribution in [0.15, 0.2) is 60.9 Å². The summed E-state index contributed by atoms with van der Waals surface area (Å²) in [6.45, 7) is 2.23. The van der Waals surface area contributed by atoms with E-state index in [9.17, 15) is 13.9 Å². The first-order valence-corrected chi connectivity index (χ1v) is 12.5. The second-order valence-electron chi connectivity index (χ2n) is 10.4. The standard InChI is InChI=1S/C29H27F5N5O2/c1-28(2,40)20-11-23-21(29(33,34)39(23)27(25(20)32)15-4-6-18(30)7-5-15)13-38(36)14-22(35)16-8-17-9-19(31)12-37-26(17)24(10-16)41-3/h4-12,14,21,40H,13,35-36H2,1-3H3/q+1/b22-14-. The van der Waals surface area contributed by atoms with Crippen LogP contribution in [0.5, 0.6) is 5.75 Å².